The normalized spacial score (nSPS) is 20.6. The lowest BCUT2D eigenvalue weighted by Gasteiger charge is -2.49. The number of hydrogen-bond donors (Lipinski definition) is 2. The van der Waals surface area contributed by atoms with Crippen LogP contribution in [-0.4, -0.2) is 63.8 Å². The standard InChI is InChI=1S/C17H17N3O8S/c1-27-7-10-8-29-15-12(14(21)19(15)13(10)16(22)23)18-17(24)28-6-9-2-4-11(5-3-9)20(25)26/h2-5,12,15H,6-8H2,1H3,(H,18,24)(H,22,23)/t12?,15-/m0/s1. The molecule has 1 unspecified atom stereocenters. The second-order valence-corrected chi connectivity index (χ2v) is 7.33. The third-order valence-electron chi connectivity index (χ3n) is 4.36. The minimum absolute atomic E-state index is 0.0807. The lowest BCUT2D eigenvalue weighted by atomic mass is 10.0. The molecule has 2 heterocycles. The van der Waals surface area contributed by atoms with Gasteiger partial charge in [-0.3, -0.25) is 19.8 Å². The Morgan fingerprint density at radius 2 is 2.03 bits per heavy atom. The number of amides is 2. The number of carbonyl (C=O) groups is 3. The molecule has 0 saturated carbocycles. The van der Waals surface area contributed by atoms with Gasteiger partial charge in [-0.2, -0.15) is 0 Å². The lowest BCUT2D eigenvalue weighted by molar-refractivity contribution is -0.384. The van der Waals surface area contributed by atoms with Crippen molar-refractivity contribution in [2.75, 3.05) is 19.5 Å². The zero-order chi connectivity index (χ0) is 21.1. The van der Waals surface area contributed by atoms with Crippen LogP contribution in [-0.2, 0) is 25.7 Å². The number of hydrogen-bond acceptors (Lipinski definition) is 8. The molecule has 2 amide bonds. The van der Waals surface area contributed by atoms with E-state index >= 15 is 0 Å². The molecule has 1 saturated heterocycles. The summed E-state index contributed by atoms with van der Waals surface area (Å²) >= 11 is 1.32. The lowest BCUT2D eigenvalue weighted by Crippen LogP contribution is -2.70. The minimum atomic E-state index is -1.23. The Kier molecular flexibility index (Phi) is 6.03. The Labute approximate surface area is 168 Å². The quantitative estimate of drug-likeness (QED) is 0.373. The van der Waals surface area contributed by atoms with Gasteiger partial charge in [0.25, 0.3) is 11.6 Å². The molecule has 2 aliphatic rings. The highest BCUT2D eigenvalue weighted by atomic mass is 32.2. The SMILES string of the molecule is COCC1=C(C(=O)O)N2C(=O)C(NC(=O)OCc3ccc([N+](=O)[O-])cc3)[C@@H]2SC1. The highest BCUT2D eigenvalue weighted by Gasteiger charge is 2.54. The largest absolute Gasteiger partial charge is 0.477 e. The number of alkyl carbamates (subject to hydrolysis) is 1. The van der Waals surface area contributed by atoms with Crippen LogP contribution < -0.4 is 5.32 Å². The summed E-state index contributed by atoms with van der Waals surface area (Å²) in [6, 6.07) is 4.60. The van der Waals surface area contributed by atoms with Crippen molar-refractivity contribution >= 4 is 35.4 Å². The molecule has 0 spiro atoms. The van der Waals surface area contributed by atoms with Crippen molar-refractivity contribution in [3.8, 4) is 0 Å². The first-order valence-corrected chi connectivity index (χ1v) is 9.44. The molecule has 1 aromatic carbocycles. The van der Waals surface area contributed by atoms with Crippen LogP contribution in [0.15, 0.2) is 35.5 Å². The number of nitro groups is 1. The molecule has 3 rings (SSSR count). The summed E-state index contributed by atoms with van der Waals surface area (Å²) in [5, 5.41) is 22.0. The van der Waals surface area contributed by atoms with Gasteiger partial charge in [0, 0.05) is 25.0 Å². The van der Waals surface area contributed by atoms with Gasteiger partial charge in [0.05, 0.1) is 11.5 Å². The van der Waals surface area contributed by atoms with E-state index in [1.807, 2.05) is 0 Å². The van der Waals surface area contributed by atoms with Crippen LogP contribution in [0.3, 0.4) is 0 Å². The Bertz CT molecular complexity index is 885. The average Bonchev–Trinajstić information content (AvgIpc) is 2.70. The number of nitrogens with one attached hydrogen (secondary N) is 1. The fraction of sp³-hybridized carbons (Fsp3) is 0.353. The van der Waals surface area contributed by atoms with E-state index in [0.717, 1.165) is 4.90 Å². The van der Waals surface area contributed by atoms with Gasteiger partial charge < -0.3 is 19.9 Å². The molecule has 0 aromatic heterocycles. The third kappa shape index (κ3) is 4.17. The van der Waals surface area contributed by atoms with Crippen molar-refractivity contribution in [3.63, 3.8) is 0 Å². The number of β-lactam (4-membered cyclic amide) rings is 1. The number of thioether (sulfide) groups is 1. The van der Waals surface area contributed by atoms with Crippen LogP contribution in [0.4, 0.5) is 10.5 Å². The molecule has 2 aliphatic heterocycles. The molecule has 0 aliphatic carbocycles. The van der Waals surface area contributed by atoms with E-state index in [1.54, 1.807) is 0 Å². The Morgan fingerprint density at radius 1 is 1.34 bits per heavy atom. The van der Waals surface area contributed by atoms with E-state index in [2.05, 4.69) is 5.32 Å². The number of nitrogens with zero attached hydrogens (tertiary/aromatic N) is 2. The van der Waals surface area contributed by atoms with Crippen molar-refractivity contribution in [1.82, 2.24) is 10.2 Å². The van der Waals surface area contributed by atoms with E-state index in [1.165, 1.54) is 43.1 Å². The van der Waals surface area contributed by atoms with Crippen LogP contribution >= 0.6 is 11.8 Å². The van der Waals surface area contributed by atoms with E-state index in [0.29, 0.717) is 16.9 Å². The maximum absolute atomic E-state index is 12.4. The molecule has 0 bridgehead atoms. The smallest absolute Gasteiger partial charge is 0.408 e. The second-order valence-electron chi connectivity index (χ2n) is 6.22. The highest BCUT2D eigenvalue weighted by molar-refractivity contribution is 8.00. The number of ether oxygens (including phenoxy) is 2. The number of fused-ring (bicyclic) bond motifs is 1. The van der Waals surface area contributed by atoms with Gasteiger partial charge in [-0.1, -0.05) is 0 Å². The predicted molar refractivity (Wildman–Crippen MR) is 99.8 cm³/mol. The van der Waals surface area contributed by atoms with Gasteiger partial charge in [-0.15, -0.1) is 11.8 Å². The summed E-state index contributed by atoms with van der Waals surface area (Å²) in [6.45, 7) is -0.0367. The molecule has 2 N–H and O–H groups in total. The predicted octanol–water partition coefficient (Wildman–Crippen LogP) is 1.09. The first-order chi connectivity index (χ1) is 13.8. The molecule has 1 fully saturated rings. The molecule has 0 radical (unpaired) electrons. The first kappa shape index (κ1) is 20.6. The van der Waals surface area contributed by atoms with Crippen LogP contribution in [0.1, 0.15) is 5.56 Å². The zero-order valence-electron chi connectivity index (χ0n) is 15.2. The number of aliphatic carboxylic acids is 1. The number of carboxylic acids is 1. The van der Waals surface area contributed by atoms with E-state index in [-0.39, 0.29) is 24.6 Å². The van der Waals surface area contributed by atoms with Gasteiger partial charge in [0.15, 0.2) is 0 Å². The van der Waals surface area contributed by atoms with Crippen LogP contribution in [0, 0.1) is 10.1 Å². The van der Waals surface area contributed by atoms with Crippen LogP contribution in [0.2, 0.25) is 0 Å². The Morgan fingerprint density at radius 3 is 2.62 bits per heavy atom. The number of benzene rings is 1. The first-order valence-electron chi connectivity index (χ1n) is 8.39. The van der Waals surface area contributed by atoms with Gasteiger partial charge in [0.1, 0.15) is 23.7 Å². The van der Waals surface area contributed by atoms with E-state index < -0.39 is 34.3 Å². The van der Waals surface area contributed by atoms with E-state index in [9.17, 15) is 29.6 Å². The molecular formula is C17H17N3O8S. The van der Waals surface area contributed by atoms with Gasteiger partial charge >= 0.3 is 12.1 Å². The van der Waals surface area contributed by atoms with Gasteiger partial charge in [0.2, 0.25) is 0 Å². The zero-order valence-corrected chi connectivity index (χ0v) is 16.0. The second kappa shape index (κ2) is 8.49. The number of non-ortho nitro benzene ring substituents is 1. The molecular weight excluding hydrogens is 406 g/mol. The van der Waals surface area contributed by atoms with Crippen molar-refractivity contribution in [2.45, 2.75) is 18.0 Å². The highest BCUT2D eigenvalue weighted by Crippen LogP contribution is 2.40. The van der Waals surface area contributed by atoms with Crippen molar-refractivity contribution in [1.29, 1.82) is 0 Å². The monoisotopic (exact) mass is 423 g/mol. The number of methoxy groups -OCH3 is 1. The number of nitro benzene ring substituents is 1. The van der Waals surface area contributed by atoms with Crippen molar-refractivity contribution < 1.29 is 33.9 Å². The molecule has 29 heavy (non-hydrogen) atoms. The van der Waals surface area contributed by atoms with Gasteiger partial charge in [-0.25, -0.2) is 9.59 Å². The maximum atomic E-state index is 12.4. The summed E-state index contributed by atoms with van der Waals surface area (Å²) < 4.78 is 10.0. The molecule has 154 valence electrons. The maximum Gasteiger partial charge on any atom is 0.408 e. The molecule has 2 atom stereocenters. The van der Waals surface area contributed by atoms with Crippen LogP contribution in [0.5, 0.6) is 0 Å². The fourth-order valence-corrected chi connectivity index (χ4v) is 4.33. The number of carbonyl (C=O) groups excluding carboxylic acids is 2. The summed E-state index contributed by atoms with van der Waals surface area (Å²) in [5.74, 6) is -1.41. The van der Waals surface area contributed by atoms with Gasteiger partial charge in [-0.05, 0) is 23.3 Å². The fourth-order valence-electron chi connectivity index (χ4n) is 3.00. The summed E-state index contributed by atoms with van der Waals surface area (Å²) in [4.78, 5) is 47.2. The average molecular weight is 423 g/mol. The summed E-state index contributed by atoms with van der Waals surface area (Å²) in [5.41, 5.74) is 0.842. The summed E-state index contributed by atoms with van der Waals surface area (Å²) in [6.07, 6.45) is -0.842. The third-order valence-corrected chi connectivity index (χ3v) is 5.70. The molecule has 1 aromatic rings. The minimum Gasteiger partial charge on any atom is -0.477 e. The number of carboxylic acid groups (broad SMARTS) is 1. The topological polar surface area (TPSA) is 148 Å². The van der Waals surface area contributed by atoms with E-state index in [4.69, 9.17) is 9.47 Å². The molecule has 11 nitrogen and oxygen atoms in total. The Hall–Kier alpha value is -3.12. The Balaban J connectivity index is 1.58. The molecule has 12 heteroatoms. The summed E-state index contributed by atoms with van der Waals surface area (Å²) in [7, 11) is 1.44. The number of rotatable bonds is 7. The van der Waals surface area contributed by atoms with Crippen molar-refractivity contribution in [2.24, 2.45) is 0 Å². The van der Waals surface area contributed by atoms with Crippen molar-refractivity contribution in [3.05, 3.63) is 51.2 Å². The van der Waals surface area contributed by atoms with Crippen LogP contribution in [0.25, 0.3) is 0 Å².